The monoisotopic (exact) mass is 408 g/mol. The van der Waals surface area contributed by atoms with Crippen LogP contribution in [0.25, 0.3) is 0 Å². The number of nitrogens with one attached hydrogen (secondary N) is 1. The summed E-state index contributed by atoms with van der Waals surface area (Å²) in [6.45, 7) is 12.7. The van der Waals surface area contributed by atoms with Gasteiger partial charge in [0.1, 0.15) is 5.75 Å². The zero-order valence-corrected chi connectivity index (χ0v) is 19.0. The molecule has 2 aromatic carbocycles. The molecule has 0 aromatic heterocycles. The van der Waals surface area contributed by atoms with Crippen LogP contribution in [0.5, 0.6) is 5.75 Å². The third kappa shape index (κ3) is 5.56. The number of hydrogen-bond donors (Lipinski definition) is 1. The first-order chi connectivity index (χ1) is 14.3. The second-order valence-corrected chi connectivity index (χ2v) is 8.94. The summed E-state index contributed by atoms with van der Waals surface area (Å²) in [7, 11) is 0. The number of para-hydroxylation sites is 1. The molecule has 1 N–H and O–H groups in total. The molecule has 1 amide bonds. The largest absolute Gasteiger partial charge is 0.481 e. The number of hydrogen-bond acceptors (Lipinski definition) is 3. The molecule has 0 aliphatic carbocycles. The molecule has 2 atom stereocenters. The summed E-state index contributed by atoms with van der Waals surface area (Å²) in [4.78, 5) is 15.2. The number of nitrogens with zero attached hydrogens (tertiary/aromatic N) is 1. The highest BCUT2D eigenvalue weighted by Gasteiger charge is 2.20. The van der Waals surface area contributed by atoms with Gasteiger partial charge in [0.25, 0.3) is 5.91 Å². The fourth-order valence-corrected chi connectivity index (χ4v) is 3.96. The van der Waals surface area contributed by atoms with E-state index in [1.165, 1.54) is 18.5 Å². The minimum atomic E-state index is -0.554. The summed E-state index contributed by atoms with van der Waals surface area (Å²) in [6.07, 6.45) is 1.96. The molecule has 30 heavy (non-hydrogen) atoms. The van der Waals surface area contributed by atoms with E-state index in [1.807, 2.05) is 25.1 Å². The topological polar surface area (TPSA) is 41.6 Å². The van der Waals surface area contributed by atoms with Gasteiger partial charge in [0.2, 0.25) is 0 Å². The van der Waals surface area contributed by atoms with Gasteiger partial charge in [0.15, 0.2) is 6.10 Å². The Morgan fingerprint density at radius 2 is 1.63 bits per heavy atom. The molecule has 1 aliphatic rings. The highest BCUT2D eigenvalue weighted by molar-refractivity contribution is 5.81. The Bertz CT molecular complexity index is 823. The fraction of sp³-hybridized carbons (Fsp3) is 0.500. The van der Waals surface area contributed by atoms with E-state index in [4.69, 9.17) is 4.74 Å². The van der Waals surface area contributed by atoms with Crippen LogP contribution in [-0.4, -0.2) is 25.1 Å². The minimum Gasteiger partial charge on any atom is -0.481 e. The Morgan fingerprint density at radius 3 is 2.27 bits per heavy atom. The zero-order valence-electron chi connectivity index (χ0n) is 19.0. The summed E-state index contributed by atoms with van der Waals surface area (Å²) in [5.74, 6) is 1.85. The van der Waals surface area contributed by atoms with Crippen LogP contribution in [0, 0.1) is 5.92 Å². The second-order valence-electron chi connectivity index (χ2n) is 8.94. The van der Waals surface area contributed by atoms with Gasteiger partial charge in [-0.2, -0.15) is 0 Å². The molecular formula is C26H36N2O2. The van der Waals surface area contributed by atoms with Crippen molar-refractivity contribution in [1.29, 1.82) is 0 Å². The van der Waals surface area contributed by atoms with Crippen LogP contribution < -0.4 is 15.0 Å². The predicted octanol–water partition coefficient (Wildman–Crippen LogP) is 5.69. The third-order valence-electron chi connectivity index (χ3n) is 6.11. The molecule has 162 valence electrons. The summed E-state index contributed by atoms with van der Waals surface area (Å²) >= 11 is 0. The van der Waals surface area contributed by atoms with Crippen LogP contribution in [0.2, 0.25) is 0 Å². The molecule has 1 heterocycles. The van der Waals surface area contributed by atoms with E-state index in [2.05, 4.69) is 61.3 Å². The van der Waals surface area contributed by atoms with Crippen LogP contribution in [0.4, 0.5) is 5.69 Å². The molecule has 0 unspecified atom stereocenters. The highest BCUT2D eigenvalue weighted by Crippen LogP contribution is 2.27. The van der Waals surface area contributed by atoms with Crippen LogP contribution in [0.15, 0.2) is 48.5 Å². The van der Waals surface area contributed by atoms with Gasteiger partial charge in [-0.25, -0.2) is 0 Å². The van der Waals surface area contributed by atoms with Crippen LogP contribution in [0.1, 0.15) is 70.5 Å². The number of carbonyl (C=O) groups excluding carboxylic acids is 1. The number of anilines is 1. The molecule has 1 aliphatic heterocycles. The number of benzene rings is 2. The van der Waals surface area contributed by atoms with Crippen molar-refractivity contribution in [3.63, 3.8) is 0 Å². The maximum absolute atomic E-state index is 12.7. The van der Waals surface area contributed by atoms with Crippen molar-refractivity contribution in [3.8, 4) is 5.75 Å². The summed E-state index contributed by atoms with van der Waals surface area (Å²) in [5.41, 5.74) is 3.49. The first kappa shape index (κ1) is 22.2. The van der Waals surface area contributed by atoms with E-state index in [1.54, 1.807) is 6.92 Å². The SMILES string of the molecule is CC1CCN(c2ccc([C@H](C)NC(=O)[C@@H](C)Oc3ccccc3C(C)C)cc2)CC1. The van der Waals surface area contributed by atoms with E-state index >= 15 is 0 Å². The second kappa shape index (κ2) is 10.0. The van der Waals surface area contributed by atoms with Crippen molar-refractivity contribution < 1.29 is 9.53 Å². The van der Waals surface area contributed by atoms with Gasteiger partial charge in [-0.3, -0.25) is 4.79 Å². The molecule has 0 radical (unpaired) electrons. The molecule has 2 aromatic rings. The van der Waals surface area contributed by atoms with Gasteiger partial charge in [0.05, 0.1) is 6.04 Å². The van der Waals surface area contributed by atoms with Crippen molar-refractivity contribution in [2.45, 2.75) is 65.5 Å². The smallest absolute Gasteiger partial charge is 0.261 e. The lowest BCUT2D eigenvalue weighted by Crippen LogP contribution is -2.38. The van der Waals surface area contributed by atoms with Gasteiger partial charge >= 0.3 is 0 Å². The average Bonchev–Trinajstić information content (AvgIpc) is 2.74. The van der Waals surface area contributed by atoms with Gasteiger partial charge in [0, 0.05) is 18.8 Å². The summed E-state index contributed by atoms with van der Waals surface area (Å²) in [5, 5.41) is 3.09. The van der Waals surface area contributed by atoms with Gasteiger partial charge in [-0.1, -0.05) is 51.1 Å². The number of amides is 1. The van der Waals surface area contributed by atoms with Crippen molar-refractivity contribution in [2.75, 3.05) is 18.0 Å². The van der Waals surface area contributed by atoms with Crippen LogP contribution >= 0.6 is 0 Å². The van der Waals surface area contributed by atoms with Crippen molar-refractivity contribution >= 4 is 11.6 Å². The minimum absolute atomic E-state index is 0.0701. The lowest BCUT2D eigenvalue weighted by molar-refractivity contribution is -0.127. The molecule has 1 saturated heterocycles. The first-order valence-corrected chi connectivity index (χ1v) is 11.3. The Kier molecular flexibility index (Phi) is 7.41. The Morgan fingerprint density at radius 1 is 1.00 bits per heavy atom. The normalized spacial score (nSPS) is 16.9. The fourth-order valence-electron chi connectivity index (χ4n) is 3.96. The molecule has 4 heteroatoms. The predicted molar refractivity (Wildman–Crippen MR) is 124 cm³/mol. The maximum atomic E-state index is 12.7. The van der Waals surface area contributed by atoms with E-state index in [-0.39, 0.29) is 11.9 Å². The lowest BCUT2D eigenvalue weighted by Gasteiger charge is -2.32. The molecule has 1 fully saturated rings. The molecular weight excluding hydrogens is 372 g/mol. The number of carbonyl (C=O) groups is 1. The molecule has 0 spiro atoms. The average molecular weight is 409 g/mol. The van der Waals surface area contributed by atoms with Crippen molar-refractivity contribution in [1.82, 2.24) is 5.32 Å². The molecule has 0 bridgehead atoms. The van der Waals surface area contributed by atoms with Gasteiger partial charge < -0.3 is 15.0 Å². The summed E-state index contributed by atoms with van der Waals surface area (Å²) in [6, 6.07) is 16.5. The molecule has 0 saturated carbocycles. The highest BCUT2D eigenvalue weighted by atomic mass is 16.5. The number of ether oxygens (including phenoxy) is 1. The van der Waals surface area contributed by atoms with E-state index < -0.39 is 6.10 Å². The lowest BCUT2D eigenvalue weighted by atomic mass is 9.98. The van der Waals surface area contributed by atoms with Crippen molar-refractivity contribution in [2.24, 2.45) is 5.92 Å². The van der Waals surface area contributed by atoms with E-state index in [0.717, 1.165) is 35.9 Å². The standard InChI is InChI=1S/C26H36N2O2/c1-18(2)24-8-6-7-9-25(24)30-21(5)26(29)27-20(4)22-10-12-23(13-11-22)28-16-14-19(3)15-17-28/h6-13,18-21H,14-17H2,1-5H3,(H,27,29)/t20-,21+/m0/s1. The third-order valence-corrected chi connectivity index (χ3v) is 6.11. The van der Waals surface area contributed by atoms with E-state index in [9.17, 15) is 4.79 Å². The molecule has 4 nitrogen and oxygen atoms in total. The van der Waals surface area contributed by atoms with Gasteiger partial charge in [-0.05, 0) is 67.9 Å². The van der Waals surface area contributed by atoms with Crippen LogP contribution in [0.3, 0.4) is 0 Å². The number of rotatable bonds is 7. The number of piperidine rings is 1. The Hall–Kier alpha value is -2.49. The molecule has 3 rings (SSSR count). The van der Waals surface area contributed by atoms with Crippen molar-refractivity contribution in [3.05, 3.63) is 59.7 Å². The van der Waals surface area contributed by atoms with Gasteiger partial charge in [-0.15, -0.1) is 0 Å². The quantitative estimate of drug-likeness (QED) is 0.640. The first-order valence-electron chi connectivity index (χ1n) is 11.3. The summed E-state index contributed by atoms with van der Waals surface area (Å²) < 4.78 is 5.99. The maximum Gasteiger partial charge on any atom is 0.261 e. The van der Waals surface area contributed by atoms with E-state index in [0.29, 0.717) is 5.92 Å². The Balaban J connectivity index is 1.57. The van der Waals surface area contributed by atoms with Crippen LogP contribution in [-0.2, 0) is 4.79 Å². The Labute approximate surface area is 181 Å². The zero-order chi connectivity index (χ0) is 21.7.